The first-order valence-electron chi connectivity index (χ1n) is 4.79. The maximum atomic E-state index is 12.4. The highest BCUT2D eigenvalue weighted by Crippen LogP contribution is 2.29. The summed E-state index contributed by atoms with van der Waals surface area (Å²) in [5, 5.41) is 2.44. The third-order valence-electron chi connectivity index (χ3n) is 1.83. The summed E-state index contributed by atoms with van der Waals surface area (Å²) < 4.78 is 37.2. The normalized spacial score (nSPS) is 11.9. The molecule has 8 heteroatoms. The van der Waals surface area contributed by atoms with Crippen molar-refractivity contribution in [3.8, 4) is 0 Å². The van der Waals surface area contributed by atoms with Crippen LogP contribution in [0, 0.1) is 0 Å². The molecule has 0 saturated carbocycles. The van der Waals surface area contributed by atoms with Gasteiger partial charge in [0.2, 0.25) is 5.95 Å². The molecule has 17 heavy (non-hydrogen) atoms. The van der Waals surface area contributed by atoms with E-state index in [9.17, 15) is 13.2 Å². The lowest BCUT2D eigenvalue weighted by atomic mass is 10.4. The molecule has 1 aromatic rings. The summed E-state index contributed by atoms with van der Waals surface area (Å²) in [5.41, 5.74) is -1.05. The minimum atomic E-state index is -4.52. The number of likely N-dealkylation sites (N-methyl/N-ethyl adjacent to an activating group) is 1. The van der Waals surface area contributed by atoms with Crippen LogP contribution in [0.1, 0.15) is 5.69 Å². The van der Waals surface area contributed by atoms with Crippen LogP contribution in [0.5, 0.6) is 0 Å². The molecule has 0 spiro atoms. The predicted molar refractivity (Wildman–Crippen MR) is 59.1 cm³/mol. The van der Waals surface area contributed by atoms with Gasteiger partial charge in [-0.3, -0.25) is 0 Å². The van der Waals surface area contributed by atoms with Crippen LogP contribution in [-0.4, -0.2) is 42.1 Å². The molecule has 0 aliphatic carbocycles. The van der Waals surface area contributed by atoms with Crippen LogP contribution in [0.3, 0.4) is 0 Å². The van der Waals surface area contributed by atoms with Crippen molar-refractivity contribution in [1.82, 2.24) is 14.9 Å². The third kappa shape index (κ3) is 4.74. The van der Waals surface area contributed by atoms with Gasteiger partial charge in [-0.15, -0.1) is 0 Å². The summed E-state index contributed by atoms with van der Waals surface area (Å²) in [6.45, 7) is 1.09. The number of rotatable bonds is 4. The molecule has 1 heterocycles. The Hall–Kier alpha value is -1.08. The van der Waals surface area contributed by atoms with Crippen molar-refractivity contribution in [2.45, 2.75) is 6.18 Å². The summed E-state index contributed by atoms with van der Waals surface area (Å²) in [6.07, 6.45) is -4.52. The molecular formula is C9H12ClF3N4. The van der Waals surface area contributed by atoms with Gasteiger partial charge >= 0.3 is 6.18 Å². The standard InChI is InChI=1S/C9H12ClF3N4/c1-17(2)4-3-14-8-15-6(9(11,12)13)5-7(10)16-8/h5H,3-4H2,1-2H3,(H,14,15,16). The van der Waals surface area contributed by atoms with Crippen LogP contribution in [0.15, 0.2) is 6.07 Å². The number of alkyl halides is 3. The van der Waals surface area contributed by atoms with Crippen LogP contribution >= 0.6 is 11.6 Å². The van der Waals surface area contributed by atoms with Crippen molar-refractivity contribution in [2.75, 3.05) is 32.5 Å². The number of hydrogen-bond acceptors (Lipinski definition) is 4. The van der Waals surface area contributed by atoms with E-state index in [0.717, 1.165) is 0 Å². The Morgan fingerprint density at radius 3 is 2.53 bits per heavy atom. The molecule has 0 aromatic carbocycles. The van der Waals surface area contributed by atoms with Gasteiger partial charge in [-0.1, -0.05) is 11.6 Å². The van der Waals surface area contributed by atoms with Crippen molar-refractivity contribution in [2.24, 2.45) is 0 Å². The topological polar surface area (TPSA) is 41.0 Å². The molecular weight excluding hydrogens is 257 g/mol. The highest BCUT2D eigenvalue weighted by molar-refractivity contribution is 6.29. The summed E-state index contributed by atoms with van der Waals surface area (Å²) in [4.78, 5) is 8.90. The van der Waals surface area contributed by atoms with E-state index >= 15 is 0 Å². The van der Waals surface area contributed by atoms with Gasteiger partial charge in [0.15, 0.2) is 5.69 Å². The fourth-order valence-corrected chi connectivity index (χ4v) is 1.22. The number of hydrogen-bond donors (Lipinski definition) is 1. The maximum absolute atomic E-state index is 12.4. The second-order valence-electron chi connectivity index (χ2n) is 3.63. The first-order chi connectivity index (χ1) is 7.79. The van der Waals surface area contributed by atoms with Gasteiger partial charge < -0.3 is 10.2 Å². The molecule has 0 saturated heterocycles. The van der Waals surface area contributed by atoms with Gasteiger partial charge in [-0.25, -0.2) is 9.97 Å². The monoisotopic (exact) mass is 268 g/mol. The zero-order chi connectivity index (χ0) is 13.1. The van der Waals surface area contributed by atoms with Crippen molar-refractivity contribution in [3.63, 3.8) is 0 Å². The lowest BCUT2D eigenvalue weighted by molar-refractivity contribution is -0.141. The van der Waals surface area contributed by atoms with Gasteiger partial charge in [0.1, 0.15) is 5.15 Å². The van der Waals surface area contributed by atoms with Gasteiger partial charge in [-0.2, -0.15) is 13.2 Å². The summed E-state index contributed by atoms with van der Waals surface area (Å²) >= 11 is 5.50. The molecule has 0 fully saturated rings. The Labute approximate surface area is 102 Å². The molecule has 1 N–H and O–H groups in total. The number of nitrogens with zero attached hydrogens (tertiary/aromatic N) is 3. The fraction of sp³-hybridized carbons (Fsp3) is 0.556. The predicted octanol–water partition coefficient (Wildman–Crippen LogP) is 2.12. The van der Waals surface area contributed by atoms with Crippen LogP contribution in [0.2, 0.25) is 5.15 Å². The highest BCUT2D eigenvalue weighted by atomic mass is 35.5. The molecule has 1 rings (SSSR count). The molecule has 0 bridgehead atoms. The SMILES string of the molecule is CN(C)CCNc1nc(Cl)cc(C(F)(F)F)n1. The van der Waals surface area contributed by atoms with E-state index in [4.69, 9.17) is 11.6 Å². The summed E-state index contributed by atoms with van der Waals surface area (Å²) in [6, 6.07) is 0.693. The van der Waals surface area contributed by atoms with Crippen LogP contribution < -0.4 is 5.32 Å². The second-order valence-corrected chi connectivity index (χ2v) is 4.01. The quantitative estimate of drug-likeness (QED) is 0.850. The molecule has 0 atom stereocenters. The zero-order valence-corrected chi connectivity index (χ0v) is 10.1. The maximum Gasteiger partial charge on any atom is 0.433 e. The first kappa shape index (κ1) is 14.0. The van der Waals surface area contributed by atoms with E-state index in [-0.39, 0.29) is 11.1 Å². The van der Waals surface area contributed by atoms with Crippen molar-refractivity contribution in [3.05, 3.63) is 16.9 Å². The molecule has 1 aromatic heterocycles. The Kier molecular flexibility index (Phi) is 4.53. The molecule has 96 valence electrons. The Bertz CT molecular complexity index is 381. The van der Waals surface area contributed by atoms with Gasteiger partial charge in [0.25, 0.3) is 0 Å². The van der Waals surface area contributed by atoms with Gasteiger partial charge in [0, 0.05) is 19.2 Å². The van der Waals surface area contributed by atoms with Crippen molar-refractivity contribution >= 4 is 17.5 Å². The number of anilines is 1. The van der Waals surface area contributed by atoms with E-state index < -0.39 is 11.9 Å². The molecule has 0 amide bonds. The van der Waals surface area contributed by atoms with E-state index in [1.54, 1.807) is 0 Å². The smallest absolute Gasteiger partial charge is 0.353 e. The summed E-state index contributed by atoms with van der Waals surface area (Å²) in [5.74, 6) is -0.119. The average Bonchev–Trinajstić information content (AvgIpc) is 2.14. The Balaban J connectivity index is 2.76. The first-order valence-corrected chi connectivity index (χ1v) is 5.17. The fourth-order valence-electron chi connectivity index (χ4n) is 1.03. The number of halogens is 4. The van der Waals surface area contributed by atoms with E-state index in [0.29, 0.717) is 19.2 Å². The highest BCUT2D eigenvalue weighted by Gasteiger charge is 2.33. The van der Waals surface area contributed by atoms with Gasteiger partial charge in [0.05, 0.1) is 0 Å². The van der Waals surface area contributed by atoms with Crippen molar-refractivity contribution < 1.29 is 13.2 Å². The molecule has 4 nitrogen and oxygen atoms in total. The van der Waals surface area contributed by atoms with Crippen LogP contribution in [0.25, 0.3) is 0 Å². The summed E-state index contributed by atoms with van der Waals surface area (Å²) in [7, 11) is 3.70. The molecule has 0 radical (unpaired) electrons. The van der Waals surface area contributed by atoms with E-state index in [1.165, 1.54) is 0 Å². The number of nitrogens with one attached hydrogen (secondary N) is 1. The third-order valence-corrected chi connectivity index (χ3v) is 2.02. The van der Waals surface area contributed by atoms with E-state index in [1.807, 2.05) is 19.0 Å². The molecule has 0 aliphatic heterocycles. The van der Waals surface area contributed by atoms with Crippen LogP contribution in [-0.2, 0) is 6.18 Å². The molecule has 0 aliphatic rings. The lowest BCUT2D eigenvalue weighted by Crippen LogP contribution is -2.22. The average molecular weight is 269 g/mol. The Morgan fingerprint density at radius 1 is 1.35 bits per heavy atom. The minimum absolute atomic E-state index is 0.119. The Morgan fingerprint density at radius 2 is 2.00 bits per heavy atom. The van der Waals surface area contributed by atoms with Crippen LogP contribution in [0.4, 0.5) is 19.1 Å². The zero-order valence-electron chi connectivity index (χ0n) is 9.35. The number of aromatic nitrogens is 2. The van der Waals surface area contributed by atoms with Crippen molar-refractivity contribution in [1.29, 1.82) is 0 Å². The lowest BCUT2D eigenvalue weighted by Gasteiger charge is -2.12. The minimum Gasteiger partial charge on any atom is -0.353 e. The largest absolute Gasteiger partial charge is 0.433 e. The molecule has 0 unspecified atom stereocenters. The van der Waals surface area contributed by atoms with Gasteiger partial charge in [-0.05, 0) is 14.1 Å². The second kappa shape index (κ2) is 5.50. The van der Waals surface area contributed by atoms with E-state index in [2.05, 4.69) is 15.3 Å².